The molecule has 0 saturated heterocycles. The Kier molecular flexibility index (Phi) is 25.8. The Morgan fingerprint density at radius 1 is 0.485 bits per heavy atom. The van der Waals surface area contributed by atoms with Crippen LogP contribution < -0.4 is 16.0 Å². The number of hydrogen-bond donors (Lipinski definition) is 3. The van der Waals surface area contributed by atoms with Gasteiger partial charge >= 0.3 is 0 Å². The summed E-state index contributed by atoms with van der Waals surface area (Å²) in [6.07, 6.45) is 2.00. The average Bonchev–Trinajstić information content (AvgIpc) is 2.81. The van der Waals surface area contributed by atoms with Gasteiger partial charge < -0.3 is 39.1 Å². The fourth-order valence-electron chi connectivity index (χ4n) is 2.31. The maximum Gasteiger partial charge on any atom is 0.234 e. The van der Waals surface area contributed by atoms with Crippen molar-refractivity contribution in [2.75, 3.05) is 105 Å². The highest BCUT2D eigenvalue weighted by atomic mass is 16.5. The molecule has 11 nitrogen and oxygen atoms in total. The van der Waals surface area contributed by atoms with Gasteiger partial charge in [-0.05, 0) is 12.8 Å². The molecule has 11 heteroatoms. The van der Waals surface area contributed by atoms with E-state index in [1.165, 1.54) is 0 Å². The molecule has 0 aliphatic carbocycles. The number of amides is 2. The maximum absolute atomic E-state index is 11.7. The summed E-state index contributed by atoms with van der Waals surface area (Å²) in [5.41, 5.74) is 0. The van der Waals surface area contributed by atoms with Gasteiger partial charge in [-0.15, -0.1) is 0 Å². The highest BCUT2D eigenvalue weighted by molar-refractivity contribution is 5.81. The molecule has 33 heavy (non-hydrogen) atoms. The van der Waals surface area contributed by atoms with Gasteiger partial charge in [0.05, 0.1) is 79.2 Å². The molecule has 0 atom stereocenters. The molecular formula is C22H45N3O8. The van der Waals surface area contributed by atoms with E-state index < -0.39 is 0 Å². The minimum atomic E-state index is -0.195. The van der Waals surface area contributed by atoms with E-state index in [-0.39, 0.29) is 24.9 Å². The molecule has 0 rings (SSSR count). The zero-order valence-electron chi connectivity index (χ0n) is 20.5. The zero-order chi connectivity index (χ0) is 24.2. The van der Waals surface area contributed by atoms with Crippen LogP contribution in [0.4, 0.5) is 0 Å². The van der Waals surface area contributed by atoms with E-state index in [1.807, 2.05) is 0 Å². The van der Waals surface area contributed by atoms with E-state index in [4.69, 9.17) is 28.4 Å². The van der Waals surface area contributed by atoms with Crippen LogP contribution in [0.1, 0.15) is 26.7 Å². The van der Waals surface area contributed by atoms with Crippen molar-refractivity contribution in [1.29, 1.82) is 0 Å². The van der Waals surface area contributed by atoms with Crippen molar-refractivity contribution in [3.8, 4) is 0 Å². The van der Waals surface area contributed by atoms with Crippen molar-refractivity contribution in [2.45, 2.75) is 26.7 Å². The fraction of sp³-hybridized carbons (Fsp3) is 0.909. The molecule has 0 aliphatic heterocycles. The van der Waals surface area contributed by atoms with E-state index in [9.17, 15) is 9.59 Å². The first-order chi connectivity index (χ1) is 16.2. The summed E-state index contributed by atoms with van der Waals surface area (Å²) in [4.78, 5) is 23.4. The van der Waals surface area contributed by atoms with Gasteiger partial charge in [0.15, 0.2) is 0 Å². The van der Waals surface area contributed by atoms with Gasteiger partial charge in [-0.25, -0.2) is 0 Å². The van der Waals surface area contributed by atoms with Gasteiger partial charge in [0.25, 0.3) is 0 Å². The highest BCUT2D eigenvalue weighted by Crippen LogP contribution is 1.84. The number of hydrogen-bond acceptors (Lipinski definition) is 9. The van der Waals surface area contributed by atoms with Crippen LogP contribution in [0.15, 0.2) is 0 Å². The van der Waals surface area contributed by atoms with E-state index in [1.54, 1.807) is 0 Å². The monoisotopic (exact) mass is 479 g/mol. The molecule has 0 saturated carbocycles. The lowest BCUT2D eigenvalue weighted by atomic mass is 10.5. The molecule has 0 bridgehead atoms. The predicted molar refractivity (Wildman–Crippen MR) is 124 cm³/mol. The van der Waals surface area contributed by atoms with Crippen LogP contribution in [0.5, 0.6) is 0 Å². The molecule has 3 N–H and O–H groups in total. The lowest BCUT2D eigenvalue weighted by Crippen LogP contribution is -2.41. The molecular weight excluding hydrogens is 434 g/mol. The molecule has 0 unspecified atom stereocenters. The summed E-state index contributed by atoms with van der Waals surface area (Å²) in [5.74, 6) is -0.390. The Hall–Kier alpha value is -1.34. The lowest BCUT2D eigenvalue weighted by Gasteiger charge is -2.09. The van der Waals surface area contributed by atoms with Gasteiger partial charge in [0.1, 0.15) is 0 Å². The Bertz CT molecular complexity index is 406. The number of nitrogens with one attached hydrogen (secondary N) is 3. The first-order valence-corrected chi connectivity index (χ1v) is 11.9. The Morgan fingerprint density at radius 2 is 0.788 bits per heavy atom. The summed E-state index contributed by atoms with van der Waals surface area (Å²) in [6, 6.07) is 0. The van der Waals surface area contributed by atoms with Crippen molar-refractivity contribution in [3.63, 3.8) is 0 Å². The molecule has 0 spiro atoms. The third-order valence-corrected chi connectivity index (χ3v) is 3.89. The molecule has 0 radical (unpaired) electrons. The Balaban J connectivity index is 3.29. The summed E-state index contributed by atoms with van der Waals surface area (Å²) in [7, 11) is 0. The molecule has 0 aliphatic rings. The standard InChI is InChI=1S/C22H45N3O8/c1-3-7-28-11-15-32-17-13-30-9-5-24-21(26)19-23-20-22(27)25-6-10-31-14-18-33-16-12-29-8-4-2/h23H,3-20H2,1-2H3,(H,24,26)(H,25,27). The summed E-state index contributed by atoms with van der Waals surface area (Å²) in [5, 5.41) is 8.22. The second-order valence-electron chi connectivity index (χ2n) is 6.98. The van der Waals surface area contributed by atoms with Crippen molar-refractivity contribution in [2.24, 2.45) is 0 Å². The van der Waals surface area contributed by atoms with E-state index >= 15 is 0 Å². The molecule has 0 aromatic heterocycles. The van der Waals surface area contributed by atoms with Crippen LogP contribution in [0.25, 0.3) is 0 Å². The minimum absolute atomic E-state index is 0.0596. The number of rotatable bonds is 26. The summed E-state index contributed by atoms with van der Waals surface area (Å²) in [6.45, 7) is 11.6. The average molecular weight is 480 g/mol. The second kappa shape index (κ2) is 26.9. The van der Waals surface area contributed by atoms with Crippen LogP contribution >= 0.6 is 0 Å². The van der Waals surface area contributed by atoms with Gasteiger partial charge in [-0.2, -0.15) is 0 Å². The number of carbonyl (C=O) groups excluding carboxylic acids is 2. The Morgan fingerprint density at radius 3 is 1.12 bits per heavy atom. The highest BCUT2D eigenvalue weighted by Gasteiger charge is 2.03. The SMILES string of the molecule is CCCOCCOCCOCCNC(=O)CNCC(=O)NCCOCCOCCOCCC. The third kappa shape index (κ3) is 26.8. The maximum atomic E-state index is 11.7. The molecule has 0 aromatic carbocycles. The first-order valence-electron chi connectivity index (χ1n) is 11.9. The van der Waals surface area contributed by atoms with E-state index in [2.05, 4.69) is 29.8 Å². The largest absolute Gasteiger partial charge is 0.379 e. The van der Waals surface area contributed by atoms with Crippen LogP contribution in [0, 0.1) is 0 Å². The smallest absolute Gasteiger partial charge is 0.234 e. The zero-order valence-corrected chi connectivity index (χ0v) is 20.5. The predicted octanol–water partition coefficient (Wildman–Crippen LogP) is -0.272. The van der Waals surface area contributed by atoms with Crippen LogP contribution in [-0.2, 0) is 38.0 Å². The number of carbonyl (C=O) groups is 2. The van der Waals surface area contributed by atoms with Crippen LogP contribution in [0.2, 0.25) is 0 Å². The Labute approximate surface area is 198 Å². The van der Waals surface area contributed by atoms with Crippen molar-refractivity contribution < 1.29 is 38.0 Å². The van der Waals surface area contributed by atoms with Gasteiger partial charge in [-0.3, -0.25) is 14.9 Å². The number of ether oxygens (including phenoxy) is 6. The van der Waals surface area contributed by atoms with Crippen molar-refractivity contribution in [3.05, 3.63) is 0 Å². The lowest BCUT2D eigenvalue weighted by molar-refractivity contribution is -0.121. The second-order valence-corrected chi connectivity index (χ2v) is 6.98. The van der Waals surface area contributed by atoms with Gasteiger partial charge in [0.2, 0.25) is 11.8 Å². The van der Waals surface area contributed by atoms with Crippen molar-refractivity contribution in [1.82, 2.24) is 16.0 Å². The molecule has 0 fully saturated rings. The van der Waals surface area contributed by atoms with E-state index in [0.29, 0.717) is 79.2 Å². The topological polar surface area (TPSA) is 126 Å². The van der Waals surface area contributed by atoms with E-state index in [0.717, 1.165) is 26.1 Å². The molecule has 0 aromatic rings. The quantitative estimate of drug-likeness (QED) is 0.144. The van der Waals surface area contributed by atoms with Crippen LogP contribution in [-0.4, -0.2) is 117 Å². The minimum Gasteiger partial charge on any atom is -0.379 e. The molecule has 2 amide bonds. The summed E-state index contributed by atoms with van der Waals surface area (Å²) < 4.78 is 32.0. The molecule has 0 heterocycles. The van der Waals surface area contributed by atoms with Crippen molar-refractivity contribution >= 4 is 11.8 Å². The normalized spacial score (nSPS) is 11.0. The van der Waals surface area contributed by atoms with Crippen LogP contribution in [0.3, 0.4) is 0 Å². The van der Waals surface area contributed by atoms with Gasteiger partial charge in [-0.1, -0.05) is 13.8 Å². The molecule has 196 valence electrons. The first kappa shape index (κ1) is 31.7. The fourth-order valence-corrected chi connectivity index (χ4v) is 2.31. The summed E-state index contributed by atoms with van der Waals surface area (Å²) >= 11 is 0. The third-order valence-electron chi connectivity index (χ3n) is 3.89. The van der Waals surface area contributed by atoms with Gasteiger partial charge in [0, 0.05) is 26.3 Å².